The van der Waals surface area contributed by atoms with E-state index in [9.17, 15) is 4.39 Å². The van der Waals surface area contributed by atoms with Crippen molar-refractivity contribution in [1.29, 1.82) is 0 Å². The summed E-state index contributed by atoms with van der Waals surface area (Å²) in [4.78, 5) is 0. The Bertz CT molecular complexity index is 356. The predicted molar refractivity (Wildman–Crippen MR) is 65.1 cm³/mol. The fraction of sp³-hybridized carbons (Fsp3) is 0.571. The normalized spacial score (nSPS) is 18.5. The van der Waals surface area contributed by atoms with E-state index in [1.165, 1.54) is 6.42 Å². The van der Waals surface area contributed by atoms with Crippen LogP contribution in [0.4, 0.5) is 4.39 Å². The lowest BCUT2D eigenvalue weighted by molar-refractivity contribution is 0.221. The van der Waals surface area contributed by atoms with E-state index in [0.29, 0.717) is 6.04 Å². The summed E-state index contributed by atoms with van der Waals surface area (Å²) in [6.07, 6.45) is 3.43. The zero-order chi connectivity index (χ0) is 11.6. The maximum Gasteiger partial charge on any atom is 0.127 e. The summed E-state index contributed by atoms with van der Waals surface area (Å²) in [5.41, 5.74) is 0.949. The molecule has 0 aliphatic heterocycles. The van der Waals surface area contributed by atoms with E-state index in [2.05, 4.69) is 19.2 Å². The van der Waals surface area contributed by atoms with Crippen molar-refractivity contribution >= 4 is 0 Å². The van der Waals surface area contributed by atoms with Crippen LogP contribution < -0.4 is 5.32 Å². The third-order valence-corrected chi connectivity index (χ3v) is 3.60. The molecular formula is C14H20FN. The topological polar surface area (TPSA) is 12.0 Å². The van der Waals surface area contributed by atoms with Crippen LogP contribution in [0.15, 0.2) is 24.3 Å². The van der Waals surface area contributed by atoms with Crippen molar-refractivity contribution in [2.24, 2.45) is 0 Å². The summed E-state index contributed by atoms with van der Waals surface area (Å²) in [5.74, 6) is -0.0484. The Balaban J connectivity index is 2.18. The van der Waals surface area contributed by atoms with Gasteiger partial charge in [0, 0.05) is 18.0 Å². The van der Waals surface area contributed by atoms with E-state index >= 15 is 0 Å². The van der Waals surface area contributed by atoms with Crippen LogP contribution in [-0.4, -0.2) is 12.6 Å². The Morgan fingerprint density at radius 1 is 1.31 bits per heavy atom. The Morgan fingerprint density at radius 2 is 2.00 bits per heavy atom. The lowest BCUT2D eigenvalue weighted by Gasteiger charge is -2.43. The number of halogens is 1. The minimum atomic E-state index is -0.0484. The molecule has 16 heavy (non-hydrogen) atoms. The zero-order valence-corrected chi connectivity index (χ0v) is 10.1. The van der Waals surface area contributed by atoms with Gasteiger partial charge in [0.25, 0.3) is 0 Å². The van der Waals surface area contributed by atoms with Crippen molar-refractivity contribution in [1.82, 2.24) is 5.32 Å². The van der Waals surface area contributed by atoms with Gasteiger partial charge in [0.05, 0.1) is 0 Å². The SMILES string of the molecule is CC(C)NCC1(c2ccccc2F)CCC1. The highest BCUT2D eigenvalue weighted by Gasteiger charge is 2.40. The number of nitrogens with one attached hydrogen (secondary N) is 1. The average molecular weight is 221 g/mol. The second-order valence-electron chi connectivity index (χ2n) is 5.15. The van der Waals surface area contributed by atoms with Gasteiger partial charge >= 0.3 is 0 Å². The van der Waals surface area contributed by atoms with E-state index < -0.39 is 0 Å². The van der Waals surface area contributed by atoms with Crippen LogP contribution in [0.2, 0.25) is 0 Å². The number of benzene rings is 1. The molecule has 0 radical (unpaired) electrons. The molecule has 1 aliphatic carbocycles. The van der Waals surface area contributed by atoms with Crippen LogP contribution in [0.25, 0.3) is 0 Å². The number of rotatable bonds is 4. The number of hydrogen-bond acceptors (Lipinski definition) is 1. The average Bonchev–Trinajstić information content (AvgIpc) is 2.18. The van der Waals surface area contributed by atoms with E-state index in [1.54, 1.807) is 12.1 Å². The van der Waals surface area contributed by atoms with Crippen molar-refractivity contribution in [3.05, 3.63) is 35.6 Å². The molecule has 1 aromatic carbocycles. The summed E-state index contributed by atoms with van der Waals surface area (Å²) >= 11 is 0. The van der Waals surface area contributed by atoms with Crippen molar-refractivity contribution in [3.63, 3.8) is 0 Å². The monoisotopic (exact) mass is 221 g/mol. The van der Waals surface area contributed by atoms with E-state index in [-0.39, 0.29) is 11.2 Å². The third kappa shape index (κ3) is 2.12. The molecular weight excluding hydrogens is 201 g/mol. The lowest BCUT2D eigenvalue weighted by atomic mass is 9.64. The molecule has 1 fully saturated rings. The van der Waals surface area contributed by atoms with E-state index in [0.717, 1.165) is 24.9 Å². The first kappa shape index (κ1) is 11.6. The molecule has 2 heteroatoms. The fourth-order valence-electron chi connectivity index (χ4n) is 2.44. The Hall–Kier alpha value is -0.890. The summed E-state index contributed by atoms with van der Waals surface area (Å²) in [5, 5.41) is 3.45. The second-order valence-corrected chi connectivity index (χ2v) is 5.15. The molecule has 0 unspecified atom stereocenters. The van der Waals surface area contributed by atoms with Gasteiger partial charge in [-0.05, 0) is 24.5 Å². The molecule has 0 heterocycles. The minimum absolute atomic E-state index is 0.0484. The van der Waals surface area contributed by atoms with Gasteiger partial charge in [-0.3, -0.25) is 0 Å². The van der Waals surface area contributed by atoms with E-state index in [1.807, 2.05) is 12.1 Å². The van der Waals surface area contributed by atoms with Gasteiger partial charge in [0.1, 0.15) is 5.82 Å². The Labute approximate surface area is 97.1 Å². The molecule has 1 aromatic rings. The van der Waals surface area contributed by atoms with Gasteiger partial charge in [0.2, 0.25) is 0 Å². The van der Waals surface area contributed by atoms with Gasteiger partial charge in [-0.15, -0.1) is 0 Å². The van der Waals surface area contributed by atoms with Gasteiger partial charge in [0.15, 0.2) is 0 Å². The summed E-state index contributed by atoms with van der Waals surface area (Å²) in [6, 6.07) is 7.68. The van der Waals surface area contributed by atoms with Crippen LogP contribution in [0.5, 0.6) is 0 Å². The highest BCUT2D eigenvalue weighted by atomic mass is 19.1. The standard InChI is InChI=1S/C14H20FN/c1-11(2)16-10-14(8-5-9-14)12-6-3-4-7-13(12)15/h3-4,6-7,11,16H,5,8-10H2,1-2H3. The van der Waals surface area contributed by atoms with Crippen LogP contribution in [0.1, 0.15) is 38.7 Å². The molecule has 0 aromatic heterocycles. The van der Waals surface area contributed by atoms with Crippen LogP contribution in [-0.2, 0) is 5.41 Å². The molecule has 0 amide bonds. The Morgan fingerprint density at radius 3 is 2.50 bits per heavy atom. The summed E-state index contributed by atoms with van der Waals surface area (Å²) in [6.45, 7) is 5.16. The molecule has 0 saturated heterocycles. The smallest absolute Gasteiger partial charge is 0.127 e. The molecule has 0 atom stereocenters. The Kier molecular flexibility index (Phi) is 3.29. The van der Waals surface area contributed by atoms with Crippen LogP contribution in [0, 0.1) is 5.82 Å². The number of hydrogen-bond donors (Lipinski definition) is 1. The summed E-state index contributed by atoms with van der Waals surface area (Å²) < 4.78 is 13.8. The van der Waals surface area contributed by atoms with Crippen molar-refractivity contribution in [2.75, 3.05) is 6.54 Å². The molecule has 2 rings (SSSR count). The third-order valence-electron chi connectivity index (χ3n) is 3.60. The quantitative estimate of drug-likeness (QED) is 0.823. The van der Waals surface area contributed by atoms with E-state index in [4.69, 9.17) is 0 Å². The van der Waals surface area contributed by atoms with Gasteiger partial charge in [-0.2, -0.15) is 0 Å². The molecule has 1 N–H and O–H groups in total. The predicted octanol–water partition coefficient (Wildman–Crippen LogP) is 3.25. The highest BCUT2D eigenvalue weighted by molar-refractivity contribution is 5.30. The molecule has 0 bridgehead atoms. The van der Waals surface area contributed by atoms with Crippen LogP contribution >= 0.6 is 0 Å². The maximum atomic E-state index is 13.8. The molecule has 1 nitrogen and oxygen atoms in total. The van der Waals surface area contributed by atoms with Crippen molar-refractivity contribution in [2.45, 2.75) is 44.6 Å². The zero-order valence-electron chi connectivity index (χ0n) is 10.1. The van der Waals surface area contributed by atoms with Crippen molar-refractivity contribution < 1.29 is 4.39 Å². The van der Waals surface area contributed by atoms with Gasteiger partial charge in [-0.1, -0.05) is 38.5 Å². The summed E-state index contributed by atoms with van der Waals surface area (Å²) in [7, 11) is 0. The first-order valence-electron chi connectivity index (χ1n) is 6.12. The van der Waals surface area contributed by atoms with Gasteiger partial charge < -0.3 is 5.32 Å². The first-order valence-corrected chi connectivity index (χ1v) is 6.12. The second kappa shape index (κ2) is 4.54. The lowest BCUT2D eigenvalue weighted by Crippen LogP contribution is -2.46. The van der Waals surface area contributed by atoms with Gasteiger partial charge in [-0.25, -0.2) is 4.39 Å². The molecule has 1 saturated carbocycles. The molecule has 1 aliphatic rings. The fourth-order valence-corrected chi connectivity index (χ4v) is 2.44. The van der Waals surface area contributed by atoms with Crippen LogP contribution in [0.3, 0.4) is 0 Å². The highest BCUT2D eigenvalue weighted by Crippen LogP contribution is 2.44. The largest absolute Gasteiger partial charge is 0.314 e. The van der Waals surface area contributed by atoms with Crippen molar-refractivity contribution in [3.8, 4) is 0 Å². The maximum absolute atomic E-state index is 13.8. The first-order chi connectivity index (χ1) is 7.64. The molecule has 0 spiro atoms. The minimum Gasteiger partial charge on any atom is -0.314 e. The molecule has 88 valence electrons.